The van der Waals surface area contributed by atoms with Gasteiger partial charge in [0.05, 0.1) is 36.4 Å². The monoisotopic (exact) mass is 494 g/mol. The van der Waals surface area contributed by atoms with Crippen molar-refractivity contribution >= 4 is 17.4 Å². The Labute approximate surface area is 216 Å². The van der Waals surface area contributed by atoms with Gasteiger partial charge in [-0.15, -0.1) is 0 Å². The summed E-state index contributed by atoms with van der Waals surface area (Å²) in [6.07, 6.45) is 3.38. The van der Waals surface area contributed by atoms with Crippen LogP contribution in [0.15, 0.2) is 85.1 Å². The van der Waals surface area contributed by atoms with Gasteiger partial charge in [0.15, 0.2) is 5.79 Å². The van der Waals surface area contributed by atoms with Crippen molar-refractivity contribution in [2.75, 3.05) is 36.5 Å². The molecule has 2 fully saturated rings. The summed E-state index contributed by atoms with van der Waals surface area (Å²) in [5, 5.41) is 3.04. The minimum absolute atomic E-state index is 0.158. The molecule has 2 aliphatic rings. The summed E-state index contributed by atoms with van der Waals surface area (Å²) >= 11 is 0. The molecule has 7 heteroatoms. The van der Waals surface area contributed by atoms with Gasteiger partial charge in [-0.05, 0) is 42.8 Å². The summed E-state index contributed by atoms with van der Waals surface area (Å²) in [6, 6.07) is 26.1. The maximum Gasteiger partial charge on any atom is 0.257 e. The number of anilines is 2. The second-order valence-corrected chi connectivity index (χ2v) is 9.52. The summed E-state index contributed by atoms with van der Waals surface area (Å²) in [4.78, 5) is 20.3. The highest BCUT2D eigenvalue weighted by atomic mass is 16.7. The second kappa shape index (κ2) is 9.84. The van der Waals surface area contributed by atoms with Crippen LogP contribution < -0.4 is 10.2 Å². The average Bonchev–Trinajstić information content (AvgIpc) is 3.55. The van der Waals surface area contributed by atoms with Gasteiger partial charge in [0.25, 0.3) is 5.91 Å². The van der Waals surface area contributed by atoms with Crippen LogP contribution in [0.5, 0.6) is 0 Å². The van der Waals surface area contributed by atoms with Gasteiger partial charge in [0, 0.05) is 37.3 Å². The number of piperidine rings is 1. The molecule has 0 unspecified atom stereocenters. The lowest BCUT2D eigenvalue weighted by Gasteiger charge is -2.38. The zero-order chi connectivity index (χ0) is 25.2. The number of nitrogens with zero attached hydrogens (tertiary/aromatic N) is 3. The predicted molar refractivity (Wildman–Crippen MR) is 144 cm³/mol. The van der Waals surface area contributed by atoms with Crippen molar-refractivity contribution in [2.45, 2.75) is 25.6 Å². The first-order chi connectivity index (χ1) is 18.1. The number of amides is 1. The Hall–Kier alpha value is -3.94. The van der Waals surface area contributed by atoms with E-state index in [1.807, 2.05) is 61.5 Å². The fourth-order valence-electron chi connectivity index (χ4n) is 5.28. The average molecular weight is 495 g/mol. The van der Waals surface area contributed by atoms with Gasteiger partial charge in [-0.2, -0.15) is 0 Å². The molecule has 1 spiro atoms. The first kappa shape index (κ1) is 23.5. The van der Waals surface area contributed by atoms with Crippen LogP contribution in [0.1, 0.15) is 28.9 Å². The highest BCUT2D eigenvalue weighted by Crippen LogP contribution is 2.33. The first-order valence-corrected chi connectivity index (χ1v) is 12.8. The number of nitrogens with one attached hydrogen (secondary N) is 1. The molecule has 0 saturated carbocycles. The van der Waals surface area contributed by atoms with Crippen molar-refractivity contribution < 1.29 is 14.3 Å². The molecule has 37 heavy (non-hydrogen) atoms. The molecular formula is C30H30N4O3. The Balaban J connectivity index is 1.21. The van der Waals surface area contributed by atoms with E-state index >= 15 is 0 Å². The van der Waals surface area contributed by atoms with Gasteiger partial charge in [-0.1, -0.05) is 48.5 Å². The molecular weight excluding hydrogens is 464 g/mol. The topological polar surface area (TPSA) is 68.6 Å². The third kappa shape index (κ3) is 4.63. The van der Waals surface area contributed by atoms with Gasteiger partial charge < -0.3 is 24.3 Å². The third-order valence-corrected chi connectivity index (χ3v) is 7.24. The van der Waals surface area contributed by atoms with Crippen LogP contribution in [0.25, 0.3) is 16.9 Å². The Kier molecular flexibility index (Phi) is 6.24. The minimum atomic E-state index is -0.406. The molecule has 188 valence electrons. The van der Waals surface area contributed by atoms with Crippen molar-refractivity contribution in [2.24, 2.45) is 0 Å². The van der Waals surface area contributed by atoms with E-state index < -0.39 is 5.79 Å². The summed E-state index contributed by atoms with van der Waals surface area (Å²) in [7, 11) is 0. The molecule has 1 amide bonds. The number of carbonyl (C=O) groups is 1. The lowest BCUT2D eigenvalue weighted by atomic mass is 10.0. The van der Waals surface area contributed by atoms with Crippen molar-refractivity contribution in [3.63, 3.8) is 0 Å². The SMILES string of the molecule is Cc1c(C(=O)Nc2ccc(N3CCC4(CC3)OCCO4)nc2)cc(-c2ccccc2)n1-c1ccccc1. The Bertz CT molecular complexity index is 1370. The Morgan fingerprint density at radius 2 is 1.59 bits per heavy atom. The summed E-state index contributed by atoms with van der Waals surface area (Å²) < 4.78 is 13.8. The maximum absolute atomic E-state index is 13.4. The van der Waals surface area contributed by atoms with Crippen LogP contribution >= 0.6 is 0 Å². The number of hydrogen-bond donors (Lipinski definition) is 1. The number of carbonyl (C=O) groups excluding carboxylic acids is 1. The number of rotatable bonds is 5. The number of hydrogen-bond acceptors (Lipinski definition) is 5. The number of aromatic nitrogens is 2. The lowest BCUT2D eigenvalue weighted by molar-refractivity contribution is -0.169. The predicted octanol–water partition coefficient (Wildman–Crippen LogP) is 5.44. The van der Waals surface area contributed by atoms with Crippen LogP contribution in [-0.2, 0) is 9.47 Å². The normalized spacial score (nSPS) is 16.7. The van der Waals surface area contributed by atoms with Crippen molar-refractivity contribution in [1.29, 1.82) is 0 Å². The smallest absolute Gasteiger partial charge is 0.257 e. The number of pyridine rings is 1. The Morgan fingerprint density at radius 3 is 2.24 bits per heavy atom. The van der Waals surface area contributed by atoms with Gasteiger partial charge in [0.1, 0.15) is 5.82 Å². The standard InChI is InChI=1S/C30H30N4O3/c1-22-26(20-27(23-8-4-2-5-9-23)34(22)25-10-6-3-7-11-25)29(35)32-24-12-13-28(31-21-24)33-16-14-30(15-17-33)36-18-19-37-30/h2-13,20-21H,14-19H2,1H3,(H,32,35). The molecule has 6 rings (SSSR count). The van der Waals surface area contributed by atoms with E-state index in [4.69, 9.17) is 9.47 Å². The summed E-state index contributed by atoms with van der Waals surface area (Å²) in [5.41, 5.74) is 5.21. The van der Waals surface area contributed by atoms with Crippen molar-refractivity contribution in [1.82, 2.24) is 9.55 Å². The second-order valence-electron chi connectivity index (χ2n) is 9.52. The van der Waals surface area contributed by atoms with Crippen molar-refractivity contribution in [3.8, 4) is 16.9 Å². The molecule has 2 saturated heterocycles. The van der Waals surface area contributed by atoms with Gasteiger partial charge in [-0.3, -0.25) is 4.79 Å². The van der Waals surface area contributed by atoms with Crippen LogP contribution in [0, 0.1) is 6.92 Å². The molecule has 4 heterocycles. The largest absolute Gasteiger partial charge is 0.356 e. The molecule has 0 radical (unpaired) electrons. The molecule has 2 aliphatic heterocycles. The molecule has 0 aliphatic carbocycles. The van der Waals surface area contributed by atoms with Crippen LogP contribution in [-0.4, -0.2) is 47.5 Å². The number of benzene rings is 2. The van der Waals surface area contributed by atoms with Crippen LogP contribution in [0.2, 0.25) is 0 Å². The van der Waals surface area contributed by atoms with E-state index in [0.717, 1.165) is 54.4 Å². The van der Waals surface area contributed by atoms with Crippen LogP contribution in [0.3, 0.4) is 0 Å². The quantitative estimate of drug-likeness (QED) is 0.400. The minimum Gasteiger partial charge on any atom is -0.356 e. The van der Waals surface area contributed by atoms with E-state index in [0.29, 0.717) is 24.5 Å². The summed E-state index contributed by atoms with van der Waals surface area (Å²) in [5.74, 6) is 0.329. The van der Waals surface area contributed by atoms with Gasteiger partial charge in [0.2, 0.25) is 0 Å². The van der Waals surface area contributed by atoms with Crippen molar-refractivity contribution in [3.05, 3.63) is 96.3 Å². The first-order valence-electron chi connectivity index (χ1n) is 12.8. The molecule has 0 atom stereocenters. The van der Waals surface area contributed by atoms with E-state index in [1.54, 1.807) is 6.20 Å². The van der Waals surface area contributed by atoms with E-state index in [1.165, 1.54) is 0 Å². The van der Waals surface area contributed by atoms with Gasteiger partial charge >= 0.3 is 0 Å². The highest BCUT2D eigenvalue weighted by Gasteiger charge is 2.40. The molecule has 0 bridgehead atoms. The molecule has 2 aromatic heterocycles. The zero-order valence-corrected chi connectivity index (χ0v) is 20.9. The maximum atomic E-state index is 13.4. The molecule has 2 aromatic carbocycles. The Morgan fingerprint density at radius 1 is 0.919 bits per heavy atom. The third-order valence-electron chi connectivity index (χ3n) is 7.24. The fourth-order valence-corrected chi connectivity index (χ4v) is 5.28. The summed E-state index contributed by atoms with van der Waals surface area (Å²) in [6.45, 7) is 4.98. The fraction of sp³-hybridized carbons (Fsp3) is 0.267. The van der Waals surface area contributed by atoms with E-state index in [-0.39, 0.29) is 5.91 Å². The molecule has 1 N–H and O–H groups in total. The lowest BCUT2D eigenvalue weighted by Crippen LogP contribution is -2.45. The molecule has 4 aromatic rings. The highest BCUT2D eigenvalue weighted by molar-refractivity contribution is 6.06. The van der Waals surface area contributed by atoms with Crippen LogP contribution in [0.4, 0.5) is 11.5 Å². The van der Waals surface area contributed by atoms with E-state index in [2.05, 4.69) is 44.0 Å². The molecule has 7 nitrogen and oxygen atoms in total. The van der Waals surface area contributed by atoms with E-state index in [9.17, 15) is 4.79 Å². The number of ether oxygens (including phenoxy) is 2. The van der Waals surface area contributed by atoms with Gasteiger partial charge in [-0.25, -0.2) is 4.98 Å². The zero-order valence-electron chi connectivity index (χ0n) is 20.9. The number of para-hydroxylation sites is 1.